The van der Waals surface area contributed by atoms with Crippen LogP contribution in [-0.4, -0.2) is 12.7 Å². The second-order valence-electron chi connectivity index (χ2n) is 3.63. The first-order valence-corrected chi connectivity index (χ1v) is 5.08. The minimum Gasteiger partial charge on any atom is -0.310 e. The largest absolute Gasteiger partial charge is 0.390 e. The molecule has 0 heterocycles. The lowest BCUT2D eigenvalue weighted by Gasteiger charge is -2.20. The van der Waals surface area contributed by atoms with Gasteiger partial charge >= 0.3 is 6.18 Å². The first-order chi connectivity index (χ1) is 7.81. The molecule has 17 heavy (non-hydrogen) atoms. The summed E-state index contributed by atoms with van der Waals surface area (Å²) < 4.78 is 62.7. The number of alkyl halides is 3. The van der Waals surface area contributed by atoms with E-state index in [1.165, 1.54) is 0 Å². The van der Waals surface area contributed by atoms with Gasteiger partial charge in [0.15, 0.2) is 0 Å². The summed E-state index contributed by atoms with van der Waals surface area (Å²) >= 11 is 0. The monoisotopic (exact) mass is 253 g/mol. The molecule has 1 nitrogen and oxygen atoms in total. The zero-order valence-electron chi connectivity index (χ0n) is 9.11. The normalized spacial score (nSPS) is 13.8. The maximum atomic E-state index is 12.9. The number of benzene rings is 1. The molecule has 0 spiro atoms. The van der Waals surface area contributed by atoms with Crippen molar-refractivity contribution in [2.24, 2.45) is 0 Å². The lowest BCUT2D eigenvalue weighted by molar-refractivity contribution is -0.140. The minimum absolute atomic E-state index is 0.0401. The third-order valence-electron chi connectivity index (χ3n) is 2.17. The van der Waals surface area contributed by atoms with Crippen LogP contribution in [0.2, 0.25) is 0 Å². The Balaban J connectivity index is 2.96. The van der Waals surface area contributed by atoms with Gasteiger partial charge in [-0.2, -0.15) is 13.2 Å². The van der Waals surface area contributed by atoms with Gasteiger partial charge in [-0.1, -0.05) is 6.92 Å². The highest BCUT2D eigenvalue weighted by molar-refractivity contribution is 5.21. The average Bonchev–Trinajstić information content (AvgIpc) is 2.13. The van der Waals surface area contributed by atoms with Crippen LogP contribution in [0.5, 0.6) is 0 Å². The van der Waals surface area contributed by atoms with Gasteiger partial charge in [-0.25, -0.2) is 8.78 Å². The Morgan fingerprint density at radius 3 is 2.06 bits per heavy atom. The first-order valence-electron chi connectivity index (χ1n) is 5.08. The second kappa shape index (κ2) is 5.44. The quantitative estimate of drug-likeness (QED) is 0.809. The number of halogens is 5. The molecule has 1 unspecified atom stereocenters. The topological polar surface area (TPSA) is 12.0 Å². The Morgan fingerprint density at radius 1 is 1.12 bits per heavy atom. The molecule has 1 aromatic carbocycles. The van der Waals surface area contributed by atoms with Crippen molar-refractivity contribution in [2.75, 3.05) is 6.54 Å². The van der Waals surface area contributed by atoms with Crippen molar-refractivity contribution in [1.29, 1.82) is 0 Å². The van der Waals surface area contributed by atoms with E-state index in [0.29, 0.717) is 6.07 Å². The van der Waals surface area contributed by atoms with Crippen molar-refractivity contribution >= 4 is 0 Å². The average molecular weight is 253 g/mol. The molecule has 0 bridgehead atoms. The molecular weight excluding hydrogens is 241 g/mol. The fourth-order valence-corrected chi connectivity index (χ4v) is 1.56. The summed E-state index contributed by atoms with van der Waals surface area (Å²) in [4.78, 5) is 0. The van der Waals surface area contributed by atoms with E-state index in [9.17, 15) is 22.0 Å². The molecule has 0 aromatic heterocycles. The van der Waals surface area contributed by atoms with Crippen molar-refractivity contribution in [3.8, 4) is 0 Å². The van der Waals surface area contributed by atoms with Crippen LogP contribution in [0.15, 0.2) is 18.2 Å². The fourth-order valence-electron chi connectivity index (χ4n) is 1.56. The van der Waals surface area contributed by atoms with E-state index in [1.807, 2.05) is 0 Å². The number of hydrogen-bond acceptors (Lipinski definition) is 1. The molecule has 0 aliphatic carbocycles. The Bertz CT molecular complexity index is 354. The van der Waals surface area contributed by atoms with Gasteiger partial charge in [-0.15, -0.1) is 0 Å². The third kappa shape index (κ3) is 4.68. The smallest absolute Gasteiger partial charge is 0.310 e. The predicted octanol–water partition coefficient (Wildman–Crippen LogP) is 3.57. The van der Waals surface area contributed by atoms with Gasteiger partial charge in [-0.05, 0) is 24.2 Å². The molecule has 0 aliphatic rings. The zero-order valence-corrected chi connectivity index (χ0v) is 9.11. The van der Waals surface area contributed by atoms with Crippen molar-refractivity contribution in [2.45, 2.75) is 25.6 Å². The molecule has 1 aromatic rings. The Labute approximate surface area is 95.6 Å². The molecular formula is C11H12F5N. The molecule has 0 fully saturated rings. The van der Waals surface area contributed by atoms with Gasteiger partial charge in [0, 0.05) is 12.1 Å². The summed E-state index contributed by atoms with van der Waals surface area (Å²) in [5.41, 5.74) is -0.0401. The molecule has 6 heteroatoms. The third-order valence-corrected chi connectivity index (χ3v) is 2.17. The van der Waals surface area contributed by atoms with Crippen LogP contribution < -0.4 is 5.32 Å². The van der Waals surface area contributed by atoms with Crippen LogP contribution in [0.25, 0.3) is 0 Å². The molecule has 1 N–H and O–H groups in total. The maximum absolute atomic E-state index is 12.9. The molecule has 0 amide bonds. The van der Waals surface area contributed by atoms with Gasteiger partial charge < -0.3 is 5.32 Å². The Hall–Kier alpha value is -1.17. The van der Waals surface area contributed by atoms with Crippen molar-refractivity contribution < 1.29 is 22.0 Å². The van der Waals surface area contributed by atoms with Gasteiger partial charge in [0.1, 0.15) is 11.6 Å². The van der Waals surface area contributed by atoms with Crippen molar-refractivity contribution in [1.82, 2.24) is 5.32 Å². The maximum Gasteiger partial charge on any atom is 0.390 e. The lowest BCUT2D eigenvalue weighted by Crippen LogP contribution is -2.26. The van der Waals surface area contributed by atoms with Crippen molar-refractivity contribution in [3.05, 3.63) is 35.4 Å². The Morgan fingerprint density at radius 2 is 1.65 bits per heavy atom. The van der Waals surface area contributed by atoms with Crippen LogP contribution in [0.4, 0.5) is 22.0 Å². The number of rotatable bonds is 4. The summed E-state index contributed by atoms with van der Waals surface area (Å²) in [6, 6.07) is 1.30. The highest BCUT2D eigenvalue weighted by Gasteiger charge is 2.32. The van der Waals surface area contributed by atoms with E-state index in [0.717, 1.165) is 12.1 Å². The SMILES string of the molecule is CCNC(CC(F)(F)F)c1cc(F)cc(F)c1. The summed E-state index contributed by atoms with van der Waals surface area (Å²) in [5.74, 6) is -1.77. The minimum atomic E-state index is -4.39. The second-order valence-corrected chi connectivity index (χ2v) is 3.63. The van der Waals surface area contributed by atoms with E-state index in [2.05, 4.69) is 5.32 Å². The standard InChI is InChI=1S/C11H12F5N/c1-2-17-10(6-11(14,15)16)7-3-8(12)5-9(13)4-7/h3-5,10,17H,2,6H2,1H3. The summed E-state index contributed by atoms with van der Waals surface area (Å²) in [7, 11) is 0. The highest BCUT2D eigenvalue weighted by Crippen LogP contribution is 2.30. The van der Waals surface area contributed by atoms with E-state index >= 15 is 0 Å². The highest BCUT2D eigenvalue weighted by atomic mass is 19.4. The summed E-state index contributed by atoms with van der Waals surface area (Å²) in [6.07, 6.45) is -5.56. The van der Waals surface area contributed by atoms with E-state index in [4.69, 9.17) is 0 Å². The summed E-state index contributed by atoms with van der Waals surface area (Å²) in [5, 5.41) is 2.56. The lowest BCUT2D eigenvalue weighted by atomic mass is 10.0. The number of hydrogen-bond donors (Lipinski definition) is 1. The van der Waals surface area contributed by atoms with E-state index < -0.39 is 30.3 Å². The van der Waals surface area contributed by atoms with Gasteiger partial charge in [0.2, 0.25) is 0 Å². The van der Waals surface area contributed by atoms with E-state index in [1.54, 1.807) is 6.92 Å². The molecule has 1 atom stereocenters. The van der Waals surface area contributed by atoms with Gasteiger partial charge in [0.05, 0.1) is 6.42 Å². The number of nitrogens with one attached hydrogen (secondary N) is 1. The predicted molar refractivity (Wildman–Crippen MR) is 53.4 cm³/mol. The fraction of sp³-hybridized carbons (Fsp3) is 0.455. The van der Waals surface area contributed by atoms with Crippen LogP contribution >= 0.6 is 0 Å². The molecule has 0 saturated carbocycles. The first kappa shape index (κ1) is 13.9. The van der Waals surface area contributed by atoms with Crippen LogP contribution in [-0.2, 0) is 0 Å². The van der Waals surface area contributed by atoms with E-state index in [-0.39, 0.29) is 12.1 Å². The van der Waals surface area contributed by atoms with Crippen LogP contribution in [0.3, 0.4) is 0 Å². The molecule has 0 saturated heterocycles. The Kier molecular flexibility index (Phi) is 4.45. The molecule has 1 rings (SSSR count). The molecule has 0 radical (unpaired) electrons. The van der Waals surface area contributed by atoms with Crippen molar-refractivity contribution in [3.63, 3.8) is 0 Å². The van der Waals surface area contributed by atoms with Gasteiger partial charge in [0.25, 0.3) is 0 Å². The zero-order chi connectivity index (χ0) is 13.1. The molecule has 0 aliphatic heterocycles. The summed E-state index contributed by atoms with van der Waals surface area (Å²) in [6.45, 7) is 1.90. The molecule has 96 valence electrons. The van der Waals surface area contributed by atoms with Gasteiger partial charge in [-0.3, -0.25) is 0 Å². The van der Waals surface area contributed by atoms with Crippen LogP contribution in [0, 0.1) is 11.6 Å². The van der Waals surface area contributed by atoms with Crippen LogP contribution in [0.1, 0.15) is 24.9 Å².